The van der Waals surface area contributed by atoms with Gasteiger partial charge in [0.1, 0.15) is 17.5 Å². The van der Waals surface area contributed by atoms with Crippen molar-refractivity contribution in [1.82, 2.24) is 14.3 Å². The van der Waals surface area contributed by atoms with Crippen LogP contribution in [0.2, 0.25) is 5.02 Å². The lowest BCUT2D eigenvalue weighted by Gasteiger charge is -2.32. The Balaban J connectivity index is 1.38. The summed E-state index contributed by atoms with van der Waals surface area (Å²) >= 11 is 7.41. The van der Waals surface area contributed by atoms with Crippen LogP contribution in [0.25, 0.3) is 4.96 Å². The second kappa shape index (κ2) is 6.45. The van der Waals surface area contributed by atoms with Crippen molar-refractivity contribution in [2.75, 3.05) is 13.1 Å². The summed E-state index contributed by atoms with van der Waals surface area (Å²) in [6.45, 7) is 1.38. The third-order valence-corrected chi connectivity index (χ3v) is 5.23. The molecule has 1 aromatic carbocycles. The molecule has 7 heteroatoms. The molecule has 1 saturated heterocycles. The first-order chi connectivity index (χ1) is 11.7. The van der Waals surface area contributed by atoms with Crippen LogP contribution in [0.5, 0.6) is 5.75 Å². The van der Waals surface area contributed by atoms with Gasteiger partial charge >= 0.3 is 0 Å². The molecule has 0 atom stereocenters. The van der Waals surface area contributed by atoms with Crippen LogP contribution in [0.4, 0.5) is 0 Å². The largest absolute Gasteiger partial charge is 0.490 e. The Bertz CT molecular complexity index is 850. The van der Waals surface area contributed by atoms with Gasteiger partial charge in [-0.05, 0) is 24.3 Å². The minimum atomic E-state index is 0.0332. The number of benzene rings is 1. The van der Waals surface area contributed by atoms with E-state index in [4.69, 9.17) is 16.3 Å². The number of ether oxygens (including phenoxy) is 1. The molecule has 4 rings (SSSR count). The molecule has 0 aliphatic carbocycles. The van der Waals surface area contributed by atoms with Crippen LogP contribution in [0.15, 0.2) is 42.0 Å². The molecular weight excluding hydrogens is 346 g/mol. The van der Waals surface area contributed by atoms with Crippen LogP contribution >= 0.6 is 22.9 Å². The molecule has 1 fully saturated rings. The third kappa shape index (κ3) is 2.99. The summed E-state index contributed by atoms with van der Waals surface area (Å²) in [5, 5.41) is 2.63. The Kier molecular flexibility index (Phi) is 4.16. The number of likely N-dealkylation sites (tertiary alicyclic amines) is 1. The molecule has 1 aliphatic heterocycles. The maximum absolute atomic E-state index is 12.7. The van der Waals surface area contributed by atoms with Crippen LogP contribution in [0, 0.1) is 0 Å². The lowest BCUT2D eigenvalue weighted by Crippen LogP contribution is -2.42. The van der Waals surface area contributed by atoms with Crippen molar-refractivity contribution in [2.45, 2.75) is 18.9 Å². The van der Waals surface area contributed by atoms with Gasteiger partial charge in [0.25, 0.3) is 5.91 Å². The molecule has 0 saturated carbocycles. The summed E-state index contributed by atoms with van der Waals surface area (Å²) in [5.41, 5.74) is 0.628. The monoisotopic (exact) mass is 361 g/mol. The molecule has 5 nitrogen and oxygen atoms in total. The lowest BCUT2D eigenvalue weighted by molar-refractivity contribution is 0.0589. The summed E-state index contributed by atoms with van der Waals surface area (Å²) in [5.74, 6) is 0.853. The van der Waals surface area contributed by atoms with E-state index in [9.17, 15) is 4.79 Å². The molecule has 124 valence electrons. The highest BCUT2D eigenvalue weighted by atomic mass is 35.5. The van der Waals surface area contributed by atoms with Crippen molar-refractivity contribution in [3.63, 3.8) is 0 Å². The summed E-state index contributed by atoms with van der Waals surface area (Å²) in [6.07, 6.45) is 5.31. The van der Waals surface area contributed by atoms with E-state index in [-0.39, 0.29) is 12.0 Å². The average molecular weight is 362 g/mol. The lowest BCUT2D eigenvalue weighted by atomic mass is 10.1. The van der Waals surface area contributed by atoms with Gasteiger partial charge in [0.2, 0.25) is 0 Å². The number of hydrogen-bond donors (Lipinski definition) is 0. The van der Waals surface area contributed by atoms with E-state index in [0.29, 0.717) is 23.8 Å². The summed E-state index contributed by atoms with van der Waals surface area (Å²) in [4.78, 5) is 19.7. The molecule has 2 aromatic heterocycles. The number of amides is 1. The van der Waals surface area contributed by atoms with Crippen molar-refractivity contribution < 1.29 is 9.53 Å². The first-order valence-electron chi connectivity index (χ1n) is 7.83. The first kappa shape index (κ1) is 15.5. The van der Waals surface area contributed by atoms with Crippen molar-refractivity contribution in [2.24, 2.45) is 0 Å². The predicted molar refractivity (Wildman–Crippen MR) is 94.1 cm³/mol. The van der Waals surface area contributed by atoms with Gasteiger partial charge in [-0.2, -0.15) is 0 Å². The van der Waals surface area contributed by atoms with Crippen LogP contribution in [-0.2, 0) is 0 Å². The van der Waals surface area contributed by atoms with E-state index in [1.54, 1.807) is 6.20 Å². The Morgan fingerprint density at radius 2 is 2.00 bits per heavy atom. The molecule has 0 spiro atoms. The number of piperidine rings is 1. The van der Waals surface area contributed by atoms with Gasteiger partial charge in [0.05, 0.1) is 6.20 Å². The van der Waals surface area contributed by atoms with Crippen molar-refractivity contribution in [3.8, 4) is 5.75 Å². The summed E-state index contributed by atoms with van der Waals surface area (Å²) < 4.78 is 7.82. The van der Waals surface area contributed by atoms with Gasteiger partial charge in [0.15, 0.2) is 4.96 Å². The number of halogens is 1. The molecule has 1 amide bonds. The molecule has 0 N–H and O–H groups in total. The zero-order valence-electron chi connectivity index (χ0n) is 12.9. The number of hydrogen-bond acceptors (Lipinski definition) is 4. The normalized spacial score (nSPS) is 15.8. The van der Waals surface area contributed by atoms with E-state index in [1.807, 2.05) is 45.1 Å². The zero-order valence-corrected chi connectivity index (χ0v) is 14.5. The van der Waals surface area contributed by atoms with E-state index in [0.717, 1.165) is 23.6 Å². The number of imidazole rings is 1. The maximum atomic E-state index is 12.7. The number of aromatic nitrogens is 2. The van der Waals surface area contributed by atoms with Crippen LogP contribution in [-0.4, -0.2) is 39.4 Å². The predicted octanol–water partition coefficient (Wildman–Crippen LogP) is 3.73. The minimum absolute atomic E-state index is 0.0332. The van der Waals surface area contributed by atoms with Gasteiger partial charge in [-0.25, -0.2) is 4.98 Å². The quantitative estimate of drug-likeness (QED) is 0.714. The van der Waals surface area contributed by atoms with E-state index in [2.05, 4.69) is 4.98 Å². The van der Waals surface area contributed by atoms with E-state index in [1.165, 1.54) is 11.3 Å². The maximum Gasteiger partial charge on any atom is 0.272 e. The topological polar surface area (TPSA) is 46.8 Å². The highest BCUT2D eigenvalue weighted by Crippen LogP contribution is 2.22. The second-order valence-corrected chi connectivity index (χ2v) is 7.07. The minimum Gasteiger partial charge on any atom is -0.490 e. The van der Waals surface area contributed by atoms with Crippen molar-refractivity contribution in [1.29, 1.82) is 0 Å². The zero-order chi connectivity index (χ0) is 16.5. The van der Waals surface area contributed by atoms with Gasteiger partial charge in [-0.15, -0.1) is 11.3 Å². The molecule has 1 aliphatic rings. The fraction of sp³-hybridized carbons (Fsp3) is 0.294. The van der Waals surface area contributed by atoms with E-state index >= 15 is 0 Å². The van der Waals surface area contributed by atoms with Crippen molar-refractivity contribution in [3.05, 3.63) is 52.8 Å². The van der Waals surface area contributed by atoms with Crippen molar-refractivity contribution >= 4 is 33.8 Å². The molecule has 0 bridgehead atoms. The standard InChI is InChI=1S/C17H16ClN3O2S/c18-12-1-3-13(4-2-12)23-14-5-7-20(8-6-14)16(22)15-11-19-17-21(15)9-10-24-17/h1-4,9-11,14H,5-8H2. The smallest absolute Gasteiger partial charge is 0.272 e. The molecular formula is C17H16ClN3O2S. The van der Waals surface area contributed by atoms with Crippen LogP contribution in [0.1, 0.15) is 23.3 Å². The fourth-order valence-corrected chi connectivity index (χ4v) is 3.75. The Morgan fingerprint density at radius 1 is 1.25 bits per heavy atom. The molecule has 3 aromatic rings. The number of carbonyl (C=O) groups excluding carboxylic acids is 1. The van der Waals surface area contributed by atoms with Gasteiger partial charge in [-0.3, -0.25) is 9.20 Å². The highest BCUT2D eigenvalue weighted by Gasteiger charge is 2.26. The number of nitrogens with zero attached hydrogens (tertiary/aromatic N) is 3. The Labute approximate surface area is 148 Å². The van der Waals surface area contributed by atoms with Gasteiger partial charge in [-0.1, -0.05) is 11.6 Å². The third-order valence-electron chi connectivity index (χ3n) is 4.21. The van der Waals surface area contributed by atoms with E-state index < -0.39 is 0 Å². The number of carbonyl (C=O) groups is 1. The fourth-order valence-electron chi connectivity index (χ4n) is 2.93. The molecule has 24 heavy (non-hydrogen) atoms. The van der Waals surface area contributed by atoms with Crippen LogP contribution in [0.3, 0.4) is 0 Å². The summed E-state index contributed by atoms with van der Waals surface area (Å²) in [6, 6.07) is 7.39. The molecule has 3 heterocycles. The van der Waals surface area contributed by atoms with Gasteiger partial charge in [0, 0.05) is 42.5 Å². The molecule has 0 radical (unpaired) electrons. The number of fused-ring (bicyclic) bond motifs is 1. The number of thiazole rings is 1. The highest BCUT2D eigenvalue weighted by molar-refractivity contribution is 7.15. The Morgan fingerprint density at radius 3 is 2.75 bits per heavy atom. The van der Waals surface area contributed by atoms with Crippen LogP contribution < -0.4 is 4.74 Å². The SMILES string of the molecule is O=C(c1cnc2sccn12)N1CCC(Oc2ccc(Cl)cc2)CC1. The average Bonchev–Trinajstić information content (AvgIpc) is 3.20. The Hall–Kier alpha value is -2.05. The number of rotatable bonds is 3. The first-order valence-corrected chi connectivity index (χ1v) is 9.08. The summed E-state index contributed by atoms with van der Waals surface area (Å²) in [7, 11) is 0. The van der Waals surface area contributed by atoms with Gasteiger partial charge < -0.3 is 9.64 Å². The molecule has 0 unspecified atom stereocenters. The second-order valence-electron chi connectivity index (χ2n) is 5.76.